The van der Waals surface area contributed by atoms with Crippen LogP contribution in [0.1, 0.15) is 32.1 Å². The maximum absolute atomic E-state index is 6.11. The fourth-order valence-electron chi connectivity index (χ4n) is 3.64. The van der Waals surface area contributed by atoms with Crippen LogP contribution in [0.15, 0.2) is 0 Å². The molecule has 0 saturated carbocycles. The zero-order valence-electron chi connectivity index (χ0n) is 10.6. The highest BCUT2D eigenvalue weighted by Gasteiger charge is 2.43. The van der Waals surface area contributed by atoms with Gasteiger partial charge in [0.15, 0.2) is 0 Å². The van der Waals surface area contributed by atoms with Crippen LogP contribution in [0.5, 0.6) is 0 Å². The van der Waals surface area contributed by atoms with E-state index in [1.807, 2.05) is 0 Å². The Balaban J connectivity index is 1.74. The smallest absolute Gasteiger partial charge is 0.0707 e. The van der Waals surface area contributed by atoms with Crippen LogP contribution in [0.3, 0.4) is 0 Å². The molecule has 0 aromatic heterocycles. The minimum atomic E-state index is 0.182. The van der Waals surface area contributed by atoms with Crippen LogP contribution in [0.25, 0.3) is 0 Å². The van der Waals surface area contributed by atoms with E-state index < -0.39 is 0 Å². The molecule has 3 heterocycles. The summed E-state index contributed by atoms with van der Waals surface area (Å²) in [7, 11) is 0. The van der Waals surface area contributed by atoms with E-state index in [2.05, 4.69) is 4.90 Å². The molecule has 3 saturated heterocycles. The van der Waals surface area contributed by atoms with Gasteiger partial charge in [0.1, 0.15) is 0 Å². The van der Waals surface area contributed by atoms with Gasteiger partial charge in [-0.1, -0.05) is 0 Å². The summed E-state index contributed by atoms with van der Waals surface area (Å²) in [6, 6.07) is 0. The van der Waals surface area contributed by atoms with E-state index in [-0.39, 0.29) is 5.54 Å². The number of nitrogens with two attached hydrogens (primary N) is 1. The lowest BCUT2D eigenvalue weighted by atomic mass is 9.87. The minimum Gasteiger partial charge on any atom is -0.381 e. The predicted octanol–water partition coefficient (Wildman–Crippen LogP) is 0.748. The Labute approximate surface area is 103 Å². The molecule has 0 spiro atoms. The molecule has 4 nitrogen and oxygen atoms in total. The standard InChI is InChI=1S/C13H24N2O2/c14-10-13(4-1-6-16-7-5-13)15-8-11-2-3-12(9-15)17-11/h11-12H,1-10,14H2. The molecule has 0 aromatic carbocycles. The van der Waals surface area contributed by atoms with Gasteiger partial charge in [-0.25, -0.2) is 0 Å². The first-order valence-electron chi connectivity index (χ1n) is 7.01. The van der Waals surface area contributed by atoms with Gasteiger partial charge in [0, 0.05) is 38.4 Å². The van der Waals surface area contributed by atoms with E-state index in [4.69, 9.17) is 15.2 Å². The third-order valence-corrected chi connectivity index (χ3v) is 4.74. The molecule has 3 atom stereocenters. The molecule has 3 fully saturated rings. The van der Waals surface area contributed by atoms with Crippen molar-refractivity contribution in [2.75, 3.05) is 32.8 Å². The number of nitrogens with zero attached hydrogens (tertiary/aromatic N) is 1. The number of ether oxygens (including phenoxy) is 2. The highest BCUT2D eigenvalue weighted by atomic mass is 16.5. The number of rotatable bonds is 2. The van der Waals surface area contributed by atoms with Crippen LogP contribution >= 0.6 is 0 Å². The molecule has 0 radical (unpaired) electrons. The van der Waals surface area contributed by atoms with Crippen molar-refractivity contribution in [1.82, 2.24) is 4.90 Å². The van der Waals surface area contributed by atoms with Gasteiger partial charge in [0.2, 0.25) is 0 Å². The van der Waals surface area contributed by atoms with Crippen LogP contribution in [0, 0.1) is 0 Å². The van der Waals surface area contributed by atoms with Gasteiger partial charge >= 0.3 is 0 Å². The molecule has 3 unspecified atom stereocenters. The van der Waals surface area contributed by atoms with Crippen molar-refractivity contribution in [3.8, 4) is 0 Å². The lowest BCUT2D eigenvalue weighted by Crippen LogP contribution is -2.59. The maximum atomic E-state index is 6.11. The molecular weight excluding hydrogens is 216 g/mol. The van der Waals surface area contributed by atoms with E-state index in [1.165, 1.54) is 19.3 Å². The van der Waals surface area contributed by atoms with E-state index in [0.717, 1.165) is 45.7 Å². The summed E-state index contributed by atoms with van der Waals surface area (Å²) in [5.74, 6) is 0. The molecule has 17 heavy (non-hydrogen) atoms. The lowest BCUT2D eigenvalue weighted by Gasteiger charge is -2.46. The lowest BCUT2D eigenvalue weighted by molar-refractivity contribution is -0.0810. The summed E-state index contributed by atoms with van der Waals surface area (Å²) in [6.07, 6.45) is 6.80. The fourth-order valence-corrected chi connectivity index (χ4v) is 3.64. The zero-order valence-corrected chi connectivity index (χ0v) is 10.6. The summed E-state index contributed by atoms with van der Waals surface area (Å²) in [5, 5.41) is 0. The highest BCUT2D eigenvalue weighted by molar-refractivity contribution is 4.98. The average molecular weight is 240 g/mol. The SMILES string of the molecule is NCC1(N2CC3CCC(C2)O3)CCCOCC1. The average Bonchev–Trinajstić information content (AvgIpc) is 2.59. The Morgan fingerprint density at radius 2 is 1.88 bits per heavy atom. The number of likely N-dealkylation sites (tertiary alicyclic amines) is 1. The maximum Gasteiger partial charge on any atom is 0.0707 e. The van der Waals surface area contributed by atoms with Crippen molar-refractivity contribution >= 4 is 0 Å². The quantitative estimate of drug-likeness (QED) is 0.773. The van der Waals surface area contributed by atoms with Crippen LogP contribution in [0.2, 0.25) is 0 Å². The second-order valence-corrected chi connectivity index (χ2v) is 5.76. The Bertz CT molecular complexity index is 252. The van der Waals surface area contributed by atoms with Crippen molar-refractivity contribution in [2.24, 2.45) is 5.73 Å². The summed E-state index contributed by atoms with van der Waals surface area (Å²) in [6.45, 7) is 4.68. The first-order valence-corrected chi connectivity index (χ1v) is 7.01. The second-order valence-electron chi connectivity index (χ2n) is 5.76. The summed E-state index contributed by atoms with van der Waals surface area (Å²) in [4.78, 5) is 2.62. The van der Waals surface area contributed by atoms with Gasteiger partial charge in [-0.05, 0) is 32.1 Å². The molecule has 2 bridgehead atoms. The zero-order chi connectivity index (χ0) is 11.7. The van der Waals surface area contributed by atoms with Crippen molar-refractivity contribution in [2.45, 2.75) is 49.9 Å². The molecule has 0 amide bonds. The molecule has 3 rings (SSSR count). The molecule has 4 heteroatoms. The first kappa shape index (κ1) is 11.9. The molecule has 98 valence electrons. The Morgan fingerprint density at radius 1 is 1.12 bits per heavy atom. The van der Waals surface area contributed by atoms with Crippen LogP contribution in [0.4, 0.5) is 0 Å². The Hall–Kier alpha value is -0.160. The predicted molar refractivity (Wildman–Crippen MR) is 65.9 cm³/mol. The topological polar surface area (TPSA) is 47.7 Å². The first-order chi connectivity index (χ1) is 8.32. The highest BCUT2D eigenvalue weighted by Crippen LogP contribution is 2.34. The fraction of sp³-hybridized carbons (Fsp3) is 1.00. The number of hydrogen-bond donors (Lipinski definition) is 1. The van der Waals surface area contributed by atoms with E-state index in [1.54, 1.807) is 0 Å². The van der Waals surface area contributed by atoms with Crippen molar-refractivity contribution in [3.05, 3.63) is 0 Å². The summed E-state index contributed by atoms with van der Waals surface area (Å²) < 4.78 is 11.5. The molecule has 2 N–H and O–H groups in total. The second kappa shape index (κ2) is 4.84. The van der Waals surface area contributed by atoms with Gasteiger partial charge in [-0.3, -0.25) is 4.90 Å². The summed E-state index contributed by atoms with van der Waals surface area (Å²) >= 11 is 0. The van der Waals surface area contributed by atoms with Crippen molar-refractivity contribution in [1.29, 1.82) is 0 Å². The third-order valence-electron chi connectivity index (χ3n) is 4.74. The minimum absolute atomic E-state index is 0.182. The van der Waals surface area contributed by atoms with Crippen LogP contribution < -0.4 is 5.73 Å². The molecular formula is C13H24N2O2. The van der Waals surface area contributed by atoms with Crippen LogP contribution in [-0.2, 0) is 9.47 Å². The van der Waals surface area contributed by atoms with Crippen LogP contribution in [-0.4, -0.2) is 55.5 Å². The third kappa shape index (κ3) is 2.24. The summed E-state index contributed by atoms with van der Waals surface area (Å²) in [5.41, 5.74) is 6.29. The Kier molecular flexibility index (Phi) is 3.39. The van der Waals surface area contributed by atoms with E-state index in [0.29, 0.717) is 12.2 Å². The molecule has 3 aliphatic rings. The number of hydrogen-bond acceptors (Lipinski definition) is 4. The molecule has 0 aromatic rings. The van der Waals surface area contributed by atoms with Gasteiger partial charge in [-0.15, -0.1) is 0 Å². The van der Waals surface area contributed by atoms with Gasteiger partial charge in [0.05, 0.1) is 12.2 Å². The monoisotopic (exact) mass is 240 g/mol. The van der Waals surface area contributed by atoms with Crippen molar-refractivity contribution < 1.29 is 9.47 Å². The number of fused-ring (bicyclic) bond motifs is 2. The van der Waals surface area contributed by atoms with E-state index >= 15 is 0 Å². The molecule has 3 aliphatic heterocycles. The largest absolute Gasteiger partial charge is 0.381 e. The Morgan fingerprint density at radius 3 is 2.59 bits per heavy atom. The van der Waals surface area contributed by atoms with Crippen molar-refractivity contribution in [3.63, 3.8) is 0 Å². The van der Waals surface area contributed by atoms with E-state index in [9.17, 15) is 0 Å². The van der Waals surface area contributed by atoms with Gasteiger partial charge in [0.25, 0.3) is 0 Å². The normalized spacial score (nSPS) is 43.6. The van der Waals surface area contributed by atoms with Gasteiger partial charge in [-0.2, -0.15) is 0 Å². The number of morpholine rings is 1. The molecule has 0 aliphatic carbocycles. The van der Waals surface area contributed by atoms with Gasteiger partial charge < -0.3 is 15.2 Å².